The highest BCUT2D eigenvalue weighted by molar-refractivity contribution is 5.65. The van der Waals surface area contributed by atoms with Crippen molar-refractivity contribution in [2.45, 2.75) is 18.3 Å². The highest BCUT2D eigenvalue weighted by atomic mass is 16.6. The maximum Gasteiger partial charge on any atom is 0.122 e. The van der Waals surface area contributed by atoms with Crippen molar-refractivity contribution in [2.24, 2.45) is 0 Å². The van der Waals surface area contributed by atoms with Gasteiger partial charge in [0.25, 0.3) is 0 Å². The molecule has 4 aromatic rings. The topological polar surface area (TPSA) is 82.2 Å². The smallest absolute Gasteiger partial charge is 0.122 e. The van der Waals surface area contributed by atoms with E-state index in [1.807, 2.05) is 97.1 Å². The van der Waals surface area contributed by atoms with Crippen molar-refractivity contribution in [3.63, 3.8) is 0 Å². The molecule has 1 N–H and O–H groups in total. The summed E-state index contributed by atoms with van der Waals surface area (Å²) in [4.78, 5) is 0. The van der Waals surface area contributed by atoms with E-state index in [4.69, 9.17) is 28.4 Å². The van der Waals surface area contributed by atoms with Crippen LogP contribution in [0.2, 0.25) is 0 Å². The minimum Gasteiger partial charge on any atom is -0.491 e. The number of hydrogen-bond acceptors (Lipinski definition) is 7. The lowest BCUT2D eigenvalue weighted by Gasteiger charge is -2.14. The molecular formula is C33H32O7. The van der Waals surface area contributed by atoms with Crippen LogP contribution in [-0.4, -0.2) is 63.1 Å². The largest absolute Gasteiger partial charge is 0.491 e. The molecule has 0 bridgehead atoms. The van der Waals surface area contributed by atoms with E-state index in [9.17, 15) is 5.11 Å². The molecule has 6 rings (SSSR count). The van der Waals surface area contributed by atoms with Gasteiger partial charge in [0.15, 0.2) is 0 Å². The average molecular weight is 541 g/mol. The zero-order valence-corrected chi connectivity index (χ0v) is 22.1. The third kappa shape index (κ3) is 7.54. The molecule has 0 saturated carbocycles. The summed E-state index contributed by atoms with van der Waals surface area (Å²) < 4.78 is 33.3. The molecule has 0 radical (unpaired) electrons. The summed E-state index contributed by atoms with van der Waals surface area (Å²) >= 11 is 0. The van der Waals surface area contributed by atoms with Gasteiger partial charge in [-0.25, -0.2) is 0 Å². The first-order chi connectivity index (χ1) is 19.7. The molecule has 2 fully saturated rings. The van der Waals surface area contributed by atoms with E-state index in [0.717, 1.165) is 47.0 Å². The summed E-state index contributed by atoms with van der Waals surface area (Å²) in [5.41, 5.74) is 4.33. The van der Waals surface area contributed by atoms with E-state index in [2.05, 4.69) is 0 Å². The van der Waals surface area contributed by atoms with Gasteiger partial charge in [0.05, 0.1) is 13.2 Å². The van der Waals surface area contributed by atoms with Gasteiger partial charge in [-0.15, -0.1) is 0 Å². The van der Waals surface area contributed by atoms with Crippen LogP contribution < -0.4 is 18.9 Å². The van der Waals surface area contributed by atoms with E-state index in [1.54, 1.807) is 0 Å². The molecule has 2 unspecified atom stereocenters. The van der Waals surface area contributed by atoms with E-state index in [1.165, 1.54) is 0 Å². The minimum atomic E-state index is -0.762. The van der Waals surface area contributed by atoms with Crippen LogP contribution in [0.15, 0.2) is 97.1 Å². The molecule has 2 saturated heterocycles. The Morgan fingerprint density at radius 3 is 1.05 bits per heavy atom. The summed E-state index contributed by atoms with van der Waals surface area (Å²) in [6, 6.07) is 31.6. The lowest BCUT2D eigenvalue weighted by molar-refractivity contribution is 0.0626. The Morgan fingerprint density at radius 1 is 0.500 bits per heavy atom. The fourth-order valence-corrected chi connectivity index (χ4v) is 4.11. The monoisotopic (exact) mass is 540 g/mol. The molecule has 7 nitrogen and oxygen atoms in total. The maximum absolute atomic E-state index is 10.4. The van der Waals surface area contributed by atoms with Gasteiger partial charge < -0.3 is 33.5 Å². The molecule has 40 heavy (non-hydrogen) atoms. The molecule has 2 atom stereocenters. The molecule has 0 aromatic heterocycles. The Bertz CT molecular complexity index is 1240. The second kappa shape index (κ2) is 12.4. The number of ether oxygens (including phenoxy) is 6. The number of epoxide rings is 2. The highest BCUT2D eigenvalue weighted by Gasteiger charge is 2.23. The second-order valence-corrected chi connectivity index (χ2v) is 9.91. The van der Waals surface area contributed by atoms with Gasteiger partial charge in [-0.3, -0.25) is 0 Å². The van der Waals surface area contributed by atoms with Crippen LogP contribution in [0.5, 0.6) is 23.0 Å². The Balaban J connectivity index is 0.924. The van der Waals surface area contributed by atoms with Gasteiger partial charge >= 0.3 is 0 Å². The third-order valence-corrected chi connectivity index (χ3v) is 6.65. The second-order valence-electron chi connectivity index (χ2n) is 9.91. The van der Waals surface area contributed by atoms with Crippen LogP contribution in [0.3, 0.4) is 0 Å². The van der Waals surface area contributed by atoms with Crippen LogP contribution in [-0.2, 0) is 9.47 Å². The Morgan fingerprint density at radius 2 is 0.775 bits per heavy atom. The molecule has 0 spiro atoms. The quantitative estimate of drug-likeness (QED) is 0.215. The van der Waals surface area contributed by atoms with E-state index in [-0.39, 0.29) is 25.4 Å². The predicted octanol–water partition coefficient (Wildman–Crippen LogP) is 5.39. The molecule has 206 valence electrons. The summed E-state index contributed by atoms with van der Waals surface area (Å²) in [5.74, 6) is 3.05. The number of aliphatic hydroxyl groups excluding tert-OH is 1. The first-order valence-electron chi connectivity index (χ1n) is 13.5. The zero-order chi connectivity index (χ0) is 27.1. The number of aliphatic hydroxyl groups is 1. The molecule has 0 aliphatic carbocycles. The maximum atomic E-state index is 10.4. The molecule has 7 heteroatoms. The fraction of sp³-hybridized carbons (Fsp3) is 0.273. The van der Waals surface area contributed by atoms with Gasteiger partial charge in [-0.05, 0) is 70.8 Å². The third-order valence-electron chi connectivity index (χ3n) is 6.65. The molecule has 2 heterocycles. The Hall–Kier alpha value is -4.04. The summed E-state index contributed by atoms with van der Waals surface area (Å²) in [6.45, 7) is 3.03. The van der Waals surface area contributed by atoms with Crippen molar-refractivity contribution in [1.82, 2.24) is 0 Å². The number of rotatable bonds is 14. The number of benzene rings is 4. The van der Waals surface area contributed by atoms with Crippen LogP contribution in [0.4, 0.5) is 0 Å². The van der Waals surface area contributed by atoms with Crippen molar-refractivity contribution in [2.75, 3.05) is 39.6 Å². The standard InChI is InChI=1S/C33H32O7/c34-27(17-35-28-9-1-23(2-10-28)25-5-13-30(14-6-25)37-19-32-21-39-32)18-36-29-11-3-24(4-12-29)26-7-15-31(16-8-26)38-20-33-22-40-33/h1-16,27,32-34H,17-22H2. The van der Waals surface area contributed by atoms with Gasteiger partial charge in [0.1, 0.15) is 67.7 Å². The minimum absolute atomic E-state index is 0.134. The Kier molecular flexibility index (Phi) is 8.14. The average Bonchev–Trinajstić information content (AvgIpc) is 3.94. The molecular weight excluding hydrogens is 508 g/mol. The van der Waals surface area contributed by atoms with Gasteiger partial charge in [-0.2, -0.15) is 0 Å². The van der Waals surface area contributed by atoms with Crippen molar-refractivity contribution >= 4 is 0 Å². The fourth-order valence-electron chi connectivity index (χ4n) is 4.11. The van der Waals surface area contributed by atoms with E-state index in [0.29, 0.717) is 24.7 Å². The van der Waals surface area contributed by atoms with Gasteiger partial charge in [-0.1, -0.05) is 48.5 Å². The van der Waals surface area contributed by atoms with Crippen molar-refractivity contribution in [3.05, 3.63) is 97.1 Å². The van der Waals surface area contributed by atoms with Crippen molar-refractivity contribution in [1.29, 1.82) is 0 Å². The predicted molar refractivity (Wildman–Crippen MR) is 151 cm³/mol. The van der Waals surface area contributed by atoms with Gasteiger partial charge in [0.2, 0.25) is 0 Å². The van der Waals surface area contributed by atoms with E-state index >= 15 is 0 Å². The van der Waals surface area contributed by atoms with Crippen LogP contribution in [0, 0.1) is 0 Å². The first kappa shape index (κ1) is 26.2. The van der Waals surface area contributed by atoms with Crippen LogP contribution in [0.1, 0.15) is 0 Å². The number of hydrogen-bond donors (Lipinski definition) is 1. The van der Waals surface area contributed by atoms with Crippen molar-refractivity contribution in [3.8, 4) is 45.3 Å². The lowest BCUT2D eigenvalue weighted by Crippen LogP contribution is -2.25. The lowest BCUT2D eigenvalue weighted by atomic mass is 10.1. The zero-order valence-electron chi connectivity index (χ0n) is 22.1. The van der Waals surface area contributed by atoms with Gasteiger partial charge in [0, 0.05) is 0 Å². The normalized spacial score (nSPS) is 18.0. The Labute approximate surface area is 233 Å². The van der Waals surface area contributed by atoms with E-state index < -0.39 is 6.10 Å². The van der Waals surface area contributed by atoms with Crippen LogP contribution >= 0.6 is 0 Å². The summed E-state index contributed by atoms with van der Waals surface area (Å²) in [6.07, 6.45) is -0.277. The highest BCUT2D eigenvalue weighted by Crippen LogP contribution is 2.27. The molecule has 0 amide bonds. The summed E-state index contributed by atoms with van der Waals surface area (Å²) in [5, 5.41) is 10.4. The summed E-state index contributed by atoms with van der Waals surface area (Å²) in [7, 11) is 0. The SMILES string of the molecule is OC(COc1ccc(-c2ccc(OCC3CO3)cc2)cc1)COc1ccc(-c2ccc(OCC3CO3)cc2)cc1. The van der Waals surface area contributed by atoms with Crippen molar-refractivity contribution < 1.29 is 33.5 Å². The molecule has 2 aliphatic heterocycles. The molecule has 4 aromatic carbocycles. The van der Waals surface area contributed by atoms with Crippen LogP contribution in [0.25, 0.3) is 22.3 Å². The first-order valence-corrected chi connectivity index (χ1v) is 13.5. The molecule has 2 aliphatic rings.